The maximum atomic E-state index is 12.7. The predicted molar refractivity (Wildman–Crippen MR) is 80.0 cm³/mol. The van der Waals surface area contributed by atoms with E-state index in [2.05, 4.69) is 5.32 Å². The number of carbonyl (C=O) groups is 1. The van der Waals surface area contributed by atoms with Crippen molar-refractivity contribution in [3.63, 3.8) is 0 Å². The average molecular weight is 310 g/mol. The van der Waals surface area contributed by atoms with E-state index in [4.69, 9.17) is 23.2 Å². The van der Waals surface area contributed by atoms with Gasteiger partial charge in [0, 0.05) is 22.9 Å². The molecule has 2 rings (SSSR count). The Morgan fingerprint density at radius 2 is 1.80 bits per heavy atom. The number of ketones is 1. The zero-order valence-corrected chi connectivity index (χ0v) is 11.8. The van der Waals surface area contributed by atoms with Crippen LogP contribution in [0, 0.1) is 5.82 Å². The van der Waals surface area contributed by atoms with Crippen molar-refractivity contribution in [2.75, 3.05) is 5.32 Å². The van der Waals surface area contributed by atoms with Gasteiger partial charge in [-0.25, -0.2) is 4.39 Å². The van der Waals surface area contributed by atoms with Gasteiger partial charge in [-0.05, 0) is 42.5 Å². The maximum Gasteiger partial charge on any atom is 0.187 e. The van der Waals surface area contributed by atoms with Crippen LogP contribution in [0.3, 0.4) is 0 Å². The van der Waals surface area contributed by atoms with Crippen molar-refractivity contribution >= 4 is 34.7 Å². The average Bonchev–Trinajstić information content (AvgIpc) is 2.42. The molecule has 5 heteroatoms. The summed E-state index contributed by atoms with van der Waals surface area (Å²) in [6, 6.07) is 10.3. The van der Waals surface area contributed by atoms with Gasteiger partial charge in [0.1, 0.15) is 5.82 Å². The summed E-state index contributed by atoms with van der Waals surface area (Å²) in [6.45, 7) is 0. The van der Waals surface area contributed by atoms with Crippen molar-refractivity contribution in [1.29, 1.82) is 0 Å². The van der Waals surface area contributed by atoms with Gasteiger partial charge < -0.3 is 5.32 Å². The Bertz CT molecular complexity index is 653. The van der Waals surface area contributed by atoms with Gasteiger partial charge in [0.15, 0.2) is 5.78 Å². The predicted octanol–water partition coefficient (Wildman–Crippen LogP) is 4.94. The Balaban J connectivity index is 2.02. The van der Waals surface area contributed by atoms with Gasteiger partial charge in [-0.2, -0.15) is 0 Å². The number of nitrogens with one attached hydrogen (secondary N) is 1. The first-order chi connectivity index (χ1) is 9.56. The molecule has 0 unspecified atom stereocenters. The highest BCUT2D eigenvalue weighted by molar-refractivity contribution is 6.36. The molecule has 20 heavy (non-hydrogen) atoms. The van der Waals surface area contributed by atoms with Crippen LogP contribution in [0.15, 0.2) is 54.7 Å². The minimum atomic E-state index is -0.378. The molecule has 2 aromatic carbocycles. The standard InChI is InChI=1S/C15H10Cl2FNO/c16-11-3-6-14(13(17)9-11)19-8-7-15(20)10-1-4-12(18)5-2-10/h1-9,19H. The zero-order valence-electron chi connectivity index (χ0n) is 10.2. The van der Waals surface area contributed by atoms with Crippen LogP contribution in [0.4, 0.5) is 10.1 Å². The molecule has 1 N–H and O–H groups in total. The summed E-state index contributed by atoms with van der Waals surface area (Å²) in [7, 11) is 0. The molecule has 0 heterocycles. The summed E-state index contributed by atoms with van der Waals surface area (Å²) in [5.74, 6) is -0.612. The fourth-order valence-electron chi connectivity index (χ4n) is 1.52. The SMILES string of the molecule is O=C(C=CNc1ccc(Cl)cc1Cl)c1ccc(F)cc1. The third-order valence-electron chi connectivity index (χ3n) is 2.53. The number of allylic oxidation sites excluding steroid dienone is 1. The first kappa shape index (κ1) is 14.6. The van der Waals surface area contributed by atoms with Crippen LogP contribution >= 0.6 is 23.2 Å². The molecular formula is C15H10Cl2FNO. The highest BCUT2D eigenvalue weighted by Gasteiger charge is 2.02. The number of hydrogen-bond donors (Lipinski definition) is 1. The van der Waals surface area contributed by atoms with Gasteiger partial charge in [0.2, 0.25) is 0 Å². The summed E-state index contributed by atoms with van der Waals surface area (Å²) in [6.07, 6.45) is 2.82. The zero-order chi connectivity index (χ0) is 14.5. The molecule has 0 aliphatic heterocycles. The fourth-order valence-corrected chi connectivity index (χ4v) is 1.99. The molecule has 0 atom stereocenters. The molecule has 0 aliphatic rings. The minimum Gasteiger partial charge on any atom is -0.360 e. The maximum absolute atomic E-state index is 12.7. The van der Waals surface area contributed by atoms with E-state index in [9.17, 15) is 9.18 Å². The van der Waals surface area contributed by atoms with E-state index in [1.54, 1.807) is 18.2 Å². The first-order valence-corrected chi connectivity index (χ1v) is 6.50. The Kier molecular flexibility index (Phi) is 4.77. The summed E-state index contributed by atoms with van der Waals surface area (Å²) >= 11 is 11.8. The molecule has 0 aromatic heterocycles. The number of anilines is 1. The number of benzene rings is 2. The molecule has 2 nitrogen and oxygen atoms in total. The van der Waals surface area contributed by atoms with Crippen molar-refractivity contribution in [2.24, 2.45) is 0 Å². The molecule has 2 aromatic rings. The monoisotopic (exact) mass is 309 g/mol. The second-order valence-corrected chi connectivity index (χ2v) is 4.82. The Morgan fingerprint density at radius 1 is 1.10 bits per heavy atom. The lowest BCUT2D eigenvalue weighted by Gasteiger charge is -2.03. The molecular weight excluding hydrogens is 300 g/mol. The van der Waals surface area contributed by atoms with E-state index in [1.807, 2.05) is 0 Å². The van der Waals surface area contributed by atoms with Crippen molar-refractivity contribution < 1.29 is 9.18 Å². The van der Waals surface area contributed by atoms with Gasteiger partial charge in [0.25, 0.3) is 0 Å². The van der Waals surface area contributed by atoms with Gasteiger partial charge in [-0.1, -0.05) is 23.2 Å². The highest BCUT2D eigenvalue weighted by Crippen LogP contribution is 2.25. The van der Waals surface area contributed by atoms with Crippen molar-refractivity contribution in [3.05, 3.63) is 76.2 Å². The smallest absolute Gasteiger partial charge is 0.187 e. The molecule has 0 aliphatic carbocycles. The van der Waals surface area contributed by atoms with E-state index < -0.39 is 0 Å². The highest BCUT2D eigenvalue weighted by atomic mass is 35.5. The van der Waals surface area contributed by atoms with E-state index in [0.717, 1.165) is 0 Å². The molecule has 0 radical (unpaired) electrons. The quantitative estimate of drug-likeness (QED) is 0.640. The van der Waals surface area contributed by atoms with Crippen LogP contribution in [0.2, 0.25) is 10.0 Å². The topological polar surface area (TPSA) is 29.1 Å². The number of rotatable bonds is 4. The number of hydrogen-bond acceptors (Lipinski definition) is 2. The van der Waals surface area contributed by atoms with Crippen LogP contribution in [-0.4, -0.2) is 5.78 Å². The second kappa shape index (κ2) is 6.55. The van der Waals surface area contributed by atoms with Crippen LogP contribution in [0.5, 0.6) is 0 Å². The van der Waals surface area contributed by atoms with E-state index >= 15 is 0 Å². The van der Waals surface area contributed by atoms with Crippen LogP contribution in [-0.2, 0) is 0 Å². The Hall–Kier alpha value is -1.84. The Labute approximate surface area is 125 Å². The third-order valence-corrected chi connectivity index (χ3v) is 3.08. The first-order valence-electron chi connectivity index (χ1n) is 5.74. The molecule has 102 valence electrons. The van der Waals surface area contributed by atoms with Crippen molar-refractivity contribution in [1.82, 2.24) is 0 Å². The molecule has 0 spiro atoms. The van der Waals surface area contributed by atoms with Gasteiger partial charge in [-0.15, -0.1) is 0 Å². The number of halogens is 3. The van der Waals surface area contributed by atoms with E-state index in [1.165, 1.54) is 36.5 Å². The largest absolute Gasteiger partial charge is 0.360 e. The molecule has 0 fully saturated rings. The molecule has 0 bridgehead atoms. The minimum absolute atomic E-state index is 0.234. The molecule has 0 amide bonds. The van der Waals surface area contributed by atoms with Crippen molar-refractivity contribution in [3.8, 4) is 0 Å². The number of carbonyl (C=O) groups excluding carboxylic acids is 1. The second-order valence-electron chi connectivity index (χ2n) is 3.97. The molecule has 0 saturated carbocycles. The summed E-state index contributed by atoms with van der Waals surface area (Å²) < 4.78 is 12.7. The Morgan fingerprint density at radius 3 is 2.45 bits per heavy atom. The fraction of sp³-hybridized carbons (Fsp3) is 0. The third kappa shape index (κ3) is 3.83. The van der Waals surface area contributed by atoms with Gasteiger partial charge in [-0.3, -0.25) is 4.79 Å². The lowest BCUT2D eigenvalue weighted by atomic mass is 10.1. The van der Waals surface area contributed by atoms with Gasteiger partial charge >= 0.3 is 0 Å². The lowest BCUT2D eigenvalue weighted by Crippen LogP contribution is -1.96. The summed E-state index contributed by atoms with van der Waals surface area (Å²) in [5.41, 5.74) is 1.05. The van der Waals surface area contributed by atoms with Crippen LogP contribution < -0.4 is 5.32 Å². The molecule has 0 saturated heterocycles. The lowest BCUT2D eigenvalue weighted by molar-refractivity contribution is 0.104. The normalized spacial score (nSPS) is 10.8. The van der Waals surface area contributed by atoms with Crippen LogP contribution in [0.1, 0.15) is 10.4 Å². The summed E-state index contributed by atoms with van der Waals surface area (Å²) in [4.78, 5) is 11.8. The van der Waals surface area contributed by atoms with Gasteiger partial charge in [0.05, 0.1) is 10.7 Å². The summed E-state index contributed by atoms with van der Waals surface area (Å²) in [5, 5.41) is 3.88. The van der Waals surface area contributed by atoms with E-state index in [-0.39, 0.29) is 11.6 Å². The van der Waals surface area contributed by atoms with Crippen LogP contribution in [0.25, 0.3) is 0 Å². The van der Waals surface area contributed by atoms with E-state index in [0.29, 0.717) is 21.3 Å². The van der Waals surface area contributed by atoms with Crippen molar-refractivity contribution in [2.45, 2.75) is 0 Å².